The number of para-hydroxylation sites is 2. The third-order valence-corrected chi connectivity index (χ3v) is 4.11. The molecule has 1 heterocycles. The number of carbonyl (C=O) groups is 1. The molecule has 2 N–H and O–H groups in total. The second-order valence-electron chi connectivity index (χ2n) is 4.88. The highest BCUT2D eigenvalue weighted by Crippen LogP contribution is 2.25. The zero-order valence-corrected chi connectivity index (χ0v) is 14.2. The summed E-state index contributed by atoms with van der Waals surface area (Å²) in [6.07, 6.45) is 0. The van der Waals surface area contributed by atoms with Gasteiger partial charge in [0.25, 0.3) is 11.5 Å². The summed E-state index contributed by atoms with van der Waals surface area (Å²) in [5.74, 6) is 0.0262. The average molecular weight is 389 g/mol. The van der Waals surface area contributed by atoms with Crippen LogP contribution >= 0.6 is 15.9 Å². The third-order valence-electron chi connectivity index (χ3n) is 3.42. The number of hydrogen-bond donors (Lipinski definition) is 2. The van der Waals surface area contributed by atoms with Gasteiger partial charge in [-0.1, -0.05) is 24.3 Å². The predicted molar refractivity (Wildman–Crippen MR) is 92.2 cm³/mol. The van der Waals surface area contributed by atoms with Crippen LogP contribution in [0, 0.1) is 0 Å². The molecule has 122 valence electrons. The molecular weight excluding hydrogens is 376 g/mol. The van der Waals surface area contributed by atoms with Crippen molar-refractivity contribution in [3.63, 3.8) is 0 Å². The first kappa shape index (κ1) is 16.1. The molecule has 0 aliphatic rings. The minimum Gasteiger partial charge on any atom is -0.493 e. The molecule has 7 heteroatoms. The lowest BCUT2D eigenvalue weighted by Crippen LogP contribution is -2.22. The summed E-state index contributed by atoms with van der Waals surface area (Å²) in [7, 11) is 1.51. The lowest BCUT2D eigenvalue weighted by molar-refractivity contribution is 0.102. The zero-order chi connectivity index (χ0) is 17.1. The Balaban J connectivity index is 2.09. The summed E-state index contributed by atoms with van der Waals surface area (Å²) in [4.78, 5) is 12.5. The highest BCUT2D eigenvalue weighted by atomic mass is 79.9. The molecule has 0 unspecified atom stereocenters. The van der Waals surface area contributed by atoms with E-state index in [1.807, 2.05) is 12.1 Å². The molecule has 1 aromatic heterocycles. The van der Waals surface area contributed by atoms with Crippen LogP contribution in [0.4, 0.5) is 5.69 Å². The molecule has 3 aromatic rings. The quantitative estimate of drug-likeness (QED) is 0.528. The van der Waals surface area contributed by atoms with Gasteiger partial charge in [0.05, 0.1) is 12.8 Å². The number of halogens is 1. The molecule has 0 spiro atoms. The van der Waals surface area contributed by atoms with E-state index in [0.717, 1.165) is 4.47 Å². The van der Waals surface area contributed by atoms with Crippen LogP contribution in [0.25, 0.3) is 11.0 Å². The molecule has 2 aromatic carbocycles. The van der Waals surface area contributed by atoms with E-state index >= 15 is 0 Å². The van der Waals surface area contributed by atoms with Crippen molar-refractivity contribution in [1.29, 1.82) is 0 Å². The van der Waals surface area contributed by atoms with Crippen LogP contribution < -0.4 is 15.6 Å². The normalized spacial score (nSPS) is 11.5. The van der Waals surface area contributed by atoms with Crippen LogP contribution in [0.5, 0.6) is 5.75 Å². The number of methoxy groups -OCH3 is 1. The Morgan fingerprint density at radius 3 is 2.75 bits per heavy atom. The van der Waals surface area contributed by atoms with Crippen molar-refractivity contribution in [2.24, 2.45) is 5.16 Å². The van der Waals surface area contributed by atoms with Crippen LogP contribution in [0.3, 0.4) is 0 Å². The maximum Gasteiger partial charge on any atom is 0.268 e. The lowest BCUT2D eigenvalue weighted by atomic mass is 10.1. The molecule has 0 aliphatic heterocycles. The summed E-state index contributed by atoms with van der Waals surface area (Å²) in [5.41, 5.74) is 0.896. The van der Waals surface area contributed by atoms with E-state index in [-0.39, 0.29) is 11.1 Å². The largest absolute Gasteiger partial charge is 0.493 e. The van der Waals surface area contributed by atoms with Gasteiger partial charge in [0.2, 0.25) is 0 Å². The minimum atomic E-state index is -0.455. The second kappa shape index (κ2) is 6.76. The van der Waals surface area contributed by atoms with Crippen molar-refractivity contribution in [2.45, 2.75) is 0 Å². The molecule has 0 aliphatic carbocycles. The van der Waals surface area contributed by atoms with Crippen molar-refractivity contribution >= 4 is 38.5 Å². The van der Waals surface area contributed by atoms with E-state index in [4.69, 9.17) is 9.15 Å². The van der Waals surface area contributed by atoms with Gasteiger partial charge < -0.3 is 19.7 Å². The van der Waals surface area contributed by atoms with Crippen molar-refractivity contribution < 1.29 is 19.2 Å². The van der Waals surface area contributed by atoms with Gasteiger partial charge in [-0.25, -0.2) is 0 Å². The van der Waals surface area contributed by atoms with Crippen molar-refractivity contribution in [2.75, 3.05) is 12.4 Å². The molecule has 0 bridgehead atoms. The molecule has 0 radical (unpaired) electrons. The van der Waals surface area contributed by atoms with E-state index < -0.39 is 5.91 Å². The summed E-state index contributed by atoms with van der Waals surface area (Å²) in [6, 6.07) is 14.1. The SMILES string of the molecule is COc1cccc2cc(C(=O)Nc3ccccc3Br)c(=NO)oc12. The topological polar surface area (TPSA) is 84.1 Å². The van der Waals surface area contributed by atoms with Crippen LogP contribution in [-0.2, 0) is 0 Å². The molecule has 0 fully saturated rings. The van der Waals surface area contributed by atoms with Gasteiger partial charge in [0, 0.05) is 9.86 Å². The Morgan fingerprint density at radius 2 is 2.04 bits per heavy atom. The number of nitrogens with one attached hydrogen (secondary N) is 1. The standard InChI is InChI=1S/C17H13BrN2O4/c1-23-14-8-4-5-10-9-11(17(20-22)24-15(10)14)16(21)19-13-7-3-2-6-12(13)18/h2-9,22H,1H3,(H,19,21). The van der Waals surface area contributed by atoms with Crippen LogP contribution in [0.15, 0.2) is 62.6 Å². The molecule has 0 saturated heterocycles. The summed E-state index contributed by atoms with van der Waals surface area (Å²) >= 11 is 3.36. The molecule has 3 rings (SSSR count). The second-order valence-corrected chi connectivity index (χ2v) is 5.73. The highest BCUT2D eigenvalue weighted by molar-refractivity contribution is 9.10. The third kappa shape index (κ3) is 2.98. The average Bonchev–Trinajstić information content (AvgIpc) is 2.61. The number of nitrogens with zero attached hydrogens (tertiary/aromatic N) is 1. The lowest BCUT2D eigenvalue weighted by Gasteiger charge is -2.09. The van der Waals surface area contributed by atoms with Crippen molar-refractivity contribution in [3.8, 4) is 5.75 Å². The van der Waals surface area contributed by atoms with Gasteiger partial charge in [-0.2, -0.15) is 0 Å². The number of ether oxygens (including phenoxy) is 1. The fourth-order valence-electron chi connectivity index (χ4n) is 2.27. The van der Waals surface area contributed by atoms with Gasteiger partial charge in [-0.3, -0.25) is 4.79 Å². The highest BCUT2D eigenvalue weighted by Gasteiger charge is 2.15. The number of benzene rings is 2. The fourth-order valence-corrected chi connectivity index (χ4v) is 2.66. The van der Waals surface area contributed by atoms with Crippen LogP contribution in [0.1, 0.15) is 10.4 Å². The number of carbonyl (C=O) groups excluding carboxylic acids is 1. The number of rotatable bonds is 3. The molecule has 1 amide bonds. The van der Waals surface area contributed by atoms with Crippen LogP contribution in [-0.4, -0.2) is 18.2 Å². The van der Waals surface area contributed by atoms with Gasteiger partial charge >= 0.3 is 0 Å². The predicted octanol–water partition coefficient (Wildman–Crippen LogP) is 3.75. The summed E-state index contributed by atoms with van der Waals surface area (Å²) in [5, 5.41) is 15.7. The monoisotopic (exact) mass is 388 g/mol. The van der Waals surface area contributed by atoms with Crippen molar-refractivity contribution in [1.82, 2.24) is 0 Å². The minimum absolute atomic E-state index is 0.106. The number of amides is 1. The molecule has 6 nitrogen and oxygen atoms in total. The Morgan fingerprint density at radius 1 is 1.25 bits per heavy atom. The molecule has 24 heavy (non-hydrogen) atoms. The summed E-state index contributed by atoms with van der Waals surface area (Å²) in [6.45, 7) is 0. The number of hydrogen-bond acceptors (Lipinski definition) is 5. The van der Waals surface area contributed by atoms with E-state index in [2.05, 4.69) is 26.4 Å². The van der Waals surface area contributed by atoms with E-state index in [1.54, 1.807) is 36.4 Å². The van der Waals surface area contributed by atoms with Crippen LogP contribution in [0.2, 0.25) is 0 Å². The van der Waals surface area contributed by atoms with Crippen molar-refractivity contribution in [3.05, 3.63) is 64.1 Å². The van der Waals surface area contributed by atoms with E-state index in [9.17, 15) is 10.0 Å². The Labute approximate surface area is 145 Å². The molecule has 0 atom stereocenters. The first-order valence-corrected chi connectivity index (χ1v) is 7.78. The van der Waals surface area contributed by atoms with E-state index in [0.29, 0.717) is 22.4 Å². The Bertz CT molecular complexity index is 982. The summed E-state index contributed by atoms with van der Waals surface area (Å²) < 4.78 is 11.5. The Kier molecular flexibility index (Phi) is 4.52. The smallest absolute Gasteiger partial charge is 0.268 e. The van der Waals surface area contributed by atoms with E-state index in [1.165, 1.54) is 7.11 Å². The van der Waals surface area contributed by atoms with Gasteiger partial charge in [-0.05, 0) is 45.4 Å². The number of anilines is 1. The maximum absolute atomic E-state index is 12.5. The first-order valence-electron chi connectivity index (χ1n) is 6.99. The molecule has 0 saturated carbocycles. The van der Waals surface area contributed by atoms with Gasteiger partial charge in [-0.15, -0.1) is 0 Å². The Hall–Kier alpha value is -2.80. The first-order chi connectivity index (χ1) is 11.6. The van der Waals surface area contributed by atoms with Gasteiger partial charge in [0.15, 0.2) is 11.3 Å². The van der Waals surface area contributed by atoms with Gasteiger partial charge in [0.1, 0.15) is 5.56 Å². The maximum atomic E-state index is 12.5. The zero-order valence-electron chi connectivity index (χ0n) is 12.6. The fraction of sp³-hybridized carbons (Fsp3) is 0.0588. The molecular formula is C17H13BrN2O4. The number of fused-ring (bicyclic) bond motifs is 1.